The third-order valence-corrected chi connectivity index (χ3v) is 0. The van der Waals surface area contributed by atoms with E-state index >= 15 is 0 Å². The largest absolute Gasteiger partial charge is 0.153 e. The van der Waals surface area contributed by atoms with Gasteiger partial charge in [-0.15, -0.1) is 0 Å². The van der Waals surface area contributed by atoms with Gasteiger partial charge in [0, 0.05) is 0 Å². The molecular weight excluding hydrogens is 115 g/mol. The number of rotatable bonds is 0. The van der Waals surface area contributed by atoms with Gasteiger partial charge in [0.2, 0.25) is 0 Å². The molecule has 0 saturated carbocycles. The van der Waals surface area contributed by atoms with Crippen LogP contribution in [0.4, 0.5) is 0 Å². The van der Waals surface area contributed by atoms with Crippen LogP contribution in [-0.2, 0) is 0 Å². The molecule has 8 heavy (non-hydrogen) atoms. The molecule has 0 amide bonds. The Morgan fingerprint density at radius 1 is 0.250 bits per heavy atom. The van der Waals surface area contributed by atoms with Crippen LogP contribution in [0.3, 0.4) is 0 Å². The Hall–Kier alpha value is 0.430. The molecule has 0 aliphatic rings. The second kappa shape index (κ2) is 1660. The van der Waals surface area contributed by atoms with Crippen molar-refractivity contribution in [3.8, 4) is 0 Å². The van der Waals surface area contributed by atoms with Gasteiger partial charge in [0.05, 0.1) is 0 Å². The fourth-order valence-corrected chi connectivity index (χ4v) is 0. The molecule has 0 fully saturated rings. The van der Waals surface area contributed by atoms with Crippen molar-refractivity contribution in [3.63, 3.8) is 0 Å². The van der Waals surface area contributed by atoms with Crippen molar-refractivity contribution in [2.45, 2.75) is 52.0 Å². The first-order chi connectivity index (χ1) is 0. The highest BCUT2D eigenvalue weighted by Crippen LogP contribution is 0.861. The van der Waals surface area contributed by atoms with Crippen molar-refractivity contribution in [1.29, 1.82) is 0 Å². The van der Waals surface area contributed by atoms with Crippen molar-refractivity contribution in [3.05, 3.63) is 0 Å². The lowest BCUT2D eigenvalue weighted by atomic mass is 12.0. The summed E-state index contributed by atoms with van der Waals surface area (Å²) in [7, 11) is 0. The van der Waals surface area contributed by atoms with Gasteiger partial charge in [0.15, 0.2) is 0 Å². The highest BCUT2D eigenvalue weighted by Gasteiger charge is -0.0715. The van der Waals surface area contributed by atoms with E-state index in [0.29, 0.717) is 0 Å². The molecule has 0 nitrogen and oxygen atoms in total. The lowest BCUT2D eigenvalue weighted by Crippen LogP contribution is 0.143. The van der Waals surface area contributed by atoms with E-state index in [0.717, 1.165) is 0 Å². The van der Waals surface area contributed by atoms with Crippen molar-refractivity contribution in [1.82, 2.24) is 0 Å². The number of hydrogen-bond donors (Lipinski definition) is 0. The fourth-order valence-electron chi connectivity index (χ4n) is 0. The van der Waals surface area contributed by atoms with E-state index in [1.165, 1.54) is 0 Å². The van der Waals surface area contributed by atoms with E-state index in [4.69, 9.17) is 0 Å². The molecule has 0 aliphatic heterocycles. The molecule has 1 atom stereocenters. The first-order valence-corrected chi connectivity index (χ1v) is 0. The zero-order valence-electron chi connectivity index (χ0n) is 0.707. The minimum absolute atomic E-state index is 0. The van der Waals surface area contributed by atoms with Gasteiger partial charge in [0.25, 0.3) is 0 Å². The Morgan fingerprint density at radius 2 is 0.250 bits per heavy atom. The molecule has 1 unspecified atom stereocenters. The summed E-state index contributed by atoms with van der Waals surface area (Å²) in [5.74, 6) is 0. The minimum atomic E-state index is 0. The number of hydrogen-bond acceptors (Lipinski definition) is 0. The predicted molar refractivity (Wildman–Crippen MR) is 58.2 cm³/mol. The van der Waals surface area contributed by atoms with Gasteiger partial charge in [-0.1, -0.05) is 52.0 Å². The summed E-state index contributed by atoms with van der Waals surface area (Å²) in [6, 6.07) is 0. The maximum atomic E-state index is 0. The Bertz CT molecular complexity index is 4.35. The van der Waals surface area contributed by atoms with Gasteiger partial charge in [0.1, 0.15) is 0 Å². The molecule has 0 radical (unpaired) electrons. The van der Waals surface area contributed by atoms with E-state index in [9.17, 15) is 0 Å². The topological polar surface area (TPSA) is 0 Å². The summed E-state index contributed by atoms with van der Waals surface area (Å²) >= 11 is 0. The molecule has 0 aromatic carbocycles. The Balaban J connectivity index is 0. The normalized spacial score (nSPS) is 0. The van der Waals surface area contributed by atoms with Crippen LogP contribution in [0, 0.1) is 0 Å². The van der Waals surface area contributed by atoms with E-state index in [1.807, 2.05) is 0 Å². The average Bonchev–Trinajstić information content (AvgIpc) is 0. The quantitative estimate of drug-likeness (QED) is 0.441. The molecule has 0 N–H and O–H groups in total. The van der Waals surface area contributed by atoms with E-state index in [-0.39, 0.29) is 61.9 Å². The van der Waals surface area contributed by atoms with Crippen LogP contribution in [0.1, 0.15) is 52.0 Å². The van der Waals surface area contributed by atoms with E-state index < -0.39 is 0 Å². The van der Waals surface area contributed by atoms with Crippen molar-refractivity contribution in [2.24, 2.45) is 0 Å². The maximum Gasteiger partial charge on any atom is -0.0776 e. The first-order valence-electron chi connectivity index (χ1n) is 0. The summed E-state index contributed by atoms with van der Waals surface area (Å²) in [6.07, 6.45) is 0. The fraction of sp³-hybridized carbons (Fsp3) is 1.00. The standard InChI is InChI=1S/7CH4.H3P/h7*1H4;1H3. The third kappa shape index (κ3) is 1030. The SMILES string of the molecule is C.C.C.C.C.C.C.P. The minimum Gasteiger partial charge on any atom is -0.153 e. The summed E-state index contributed by atoms with van der Waals surface area (Å²) in [4.78, 5) is 0. The first kappa shape index (κ1) is 2520. The van der Waals surface area contributed by atoms with Crippen molar-refractivity contribution in [2.75, 3.05) is 0 Å². The summed E-state index contributed by atoms with van der Waals surface area (Å²) < 4.78 is 0. The Kier molecular flexibility index (Phi) is 523000. The molecule has 0 aromatic rings. The van der Waals surface area contributed by atoms with Gasteiger partial charge < -0.3 is 0 Å². The monoisotopic (exact) mass is 146 g/mol. The molecule has 0 rings (SSSR count). The van der Waals surface area contributed by atoms with E-state index in [1.54, 1.807) is 0 Å². The summed E-state index contributed by atoms with van der Waals surface area (Å²) in [5, 5.41) is 0. The second-order valence-corrected chi connectivity index (χ2v) is 0. The van der Waals surface area contributed by atoms with Crippen molar-refractivity contribution >= 4 is 9.90 Å². The molecule has 0 heterocycles. The molecule has 0 aliphatic carbocycles. The average molecular weight is 146 g/mol. The lowest BCUT2D eigenvalue weighted by molar-refractivity contribution is 2.50. The predicted octanol–water partition coefficient (Wildman–Crippen LogP) is 4.51. The van der Waals surface area contributed by atoms with Crippen molar-refractivity contribution < 1.29 is 0 Å². The molecule has 1 heteroatoms. The maximum absolute atomic E-state index is 0. The second-order valence-electron chi connectivity index (χ2n) is 0. The highest BCUT2D eigenvalue weighted by atomic mass is 31.0. The molecule has 0 bridgehead atoms. The van der Waals surface area contributed by atoms with Gasteiger partial charge in [-0.2, -0.15) is 9.90 Å². The molecule has 0 spiro atoms. The zero-order valence-corrected chi connectivity index (χ0v) is 2.12. The zero-order chi connectivity index (χ0) is 0. The van der Waals surface area contributed by atoms with E-state index in [2.05, 4.69) is 0 Å². The van der Waals surface area contributed by atoms with Crippen LogP contribution < -0.4 is 0 Å². The van der Waals surface area contributed by atoms with Gasteiger partial charge in [-0.3, -0.25) is 0 Å². The summed E-state index contributed by atoms with van der Waals surface area (Å²) in [6.45, 7) is 0. The third-order valence-electron chi connectivity index (χ3n) is 0. The van der Waals surface area contributed by atoms with Crippen LogP contribution in [-0.4, -0.2) is 0 Å². The van der Waals surface area contributed by atoms with Gasteiger partial charge in [-0.05, 0) is 0 Å². The molecule has 0 aromatic heterocycles. The van der Waals surface area contributed by atoms with Crippen LogP contribution in [0.15, 0.2) is 0 Å². The van der Waals surface area contributed by atoms with Gasteiger partial charge in [-0.25, -0.2) is 0 Å². The molecule has 64 valence electrons. The molecule has 0 saturated heterocycles. The van der Waals surface area contributed by atoms with Crippen LogP contribution in [0.2, 0.25) is 0 Å². The van der Waals surface area contributed by atoms with Gasteiger partial charge >= 0.3 is 0 Å². The molecular formula is C7H31P. The van der Waals surface area contributed by atoms with Crippen LogP contribution in [0.5, 0.6) is 0 Å². The smallest absolute Gasteiger partial charge is 0.0776 e. The highest BCUT2D eigenvalue weighted by molar-refractivity contribution is 6.92. The summed E-state index contributed by atoms with van der Waals surface area (Å²) in [5.41, 5.74) is 0. The Labute approximate surface area is 62.7 Å². The van der Waals surface area contributed by atoms with Crippen LogP contribution in [0.25, 0.3) is 0 Å². The lowest BCUT2D eigenvalue weighted by Gasteiger charge is -0.153. The Morgan fingerprint density at radius 3 is 0.250 bits per heavy atom. The van der Waals surface area contributed by atoms with Crippen LogP contribution >= 0.6 is 9.90 Å².